The number of carbonyl (C=O) groups excluding carboxylic acids is 2. The average Bonchev–Trinajstić information content (AvgIpc) is 3.34. The van der Waals surface area contributed by atoms with E-state index >= 15 is 0 Å². The first-order valence-electron chi connectivity index (χ1n) is 7.98. The van der Waals surface area contributed by atoms with Gasteiger partial charge in [0, 0.05) is 17.8 Å². The molecule has 9 heteroatoms. The Bertz CT molecular complexity index is 757. The summed E-state index contributed by atoms with van der Waals surface area (Å²) in [4.78, 5) is 27.5. The van der Waals surface area contributed by atoms with Crippen molar-refractivity contribution in [2.45, 2.75) is 19.5 Å². The summed E-state index contributed by atoms with van der Waals surface area (Å²) in [5.41, 5.74) is 1.26. The van der Waals surface area contributed by atoms with Crippen molar-refractivity contribution in [3.63, 3.8) is 0 Å². The number of rotatable bonds is 7. The molecular weight excluding hydrogens is 336 g/mol. The van der Waals surface area contributed by atoms with E-state index in [2.05, 4.69) is 26.0 Å². The van der Waals surface area contributed by atoms with Crippen LogP contribution in [-0.4, -0.2) is 26.7 Å². The molecule has 0 saturated carbocycles. The second-order valence-electron chi connectivity index (χ2n) is 5.42. The maximum Gasteiger partial charge on any atom is 0.319 e. The summed E-state index contributed by atoms with van der Waals surface area (Å²) in [6.45, 7) is 0.764. The fraction of sp³-hybridized carbons (Fsp3) is 0.176. The van der Waals surface area contributed by atoms with Gasteiger partial charge in [0.05, 0.1) is 19.4 Å². The third-order valence-corrected chi connectivity index (χ3v) is 3.46. The van der Waals surface area contributed by atoms with E-state index in [1.54, 1.807) is 53.7 Å². The zero-order valence-corrected chi connectivity index (χ0v) is 13.9. The Morgan fingerprint density at radius 2 is 1.85 bits per heavy atom. The van der Waals surface area contributed by atoms with Gasteiger partial charge in [0.15, 0.2) is 0 Å². The fourth-order valence-corrected chi connectivity index (χ4v) is 2.18. The molecular formula is C17H18N6O3. The minimum absolute atomic E-state index is 0.127. The van der Waals surface area contributed by atoms with E-state index in [1.807, 2.05) is 0 Å². The molecule has 3 amide bonds. The van der Waals surface area contributed by atoms with Crippen LogP contribution in [0.5, 0.6) is 0 Å². The van der Waals surface area contributed by atoms with Crippen LogP contribution in [0.1, 0.15) is 12.2 Å². The Morgan fingerprint density at radius 3 is 2.50 bits per heavy atom. The highest BCUT2D eigenvalue weighted by atomic mass is 16.3. The van der Waals surface area contributed by atoms with Gasteiger partial charge in [-0.25, -0.2) is 9.78 Å². The number of benzene rings is 1. The molecule has 0 atom stereocenters. The van der Waals surface area contributed by atoms with Crippen molar-refractivity contribution in [1.29, 1.82) is 0 Å². The number of aryl methyl sites for hydroxylation is 1. The smallest absolute Gasteiger partial charge is 0.319 e. The maximum atomic E-state index is 11.9. The normalized spacial score (nSPS) is 10.3. The van der Waals surface area contributed by atoms with Crippen LogP contribution in [0.2, 0.25) is 0 Å². The van der Waals surface area contributed by atoms with E-state index < -0.39 is 0 Å². The van der Waals surface area contributed by atoms with Crippen LogP contribution in [0.25, 0.3) is 0 Å². The number of anilines is 2. The Kier molecular flexibility index (Phi) is 5.61. The second-order valence-corrected chi connectivity index (χ2v) is 5.42. The molecule has 0 spiro atoms. The first kappa shape index (κ1) is 17.2. The van der Waals surface area contributed by atoms with Gasteiger partial charge in [-0.3, -0.25) is 9.48 Å². The van der Waals surface area contributed by atoms with Gasteiger partial charge in [0.2, 0.25) is 5.91 Å². The van der Waals surface area contributed by atoms with E-state index in [1.165, 1.54) is 6.33 Å². The van der Waals surface area contributed by atoms with Gasteiger partial charge in [-0.05, 0) is 36.4 Å². The summed E-state index contributed by atoms with van der Waals surface area (Å²) in [7, 11) is 0. The molecule has 0 bridgehead atoms. The molecule has 3 aromatic rings. The Balaban J connectivity index is 1.42. The number of nitrogens with one attached hydrogen (secondary N) is 3. The molecule has 0 saturated heterocycles. The number of carbonyl (C=O) groups is 2. The lowest BCUT2D eigenvalue weighted by Crippen LogP contribution is -2.27. The Morgan fingerprint density at radius 1 is 1.08 bits per heavy atom. The molecule has 0 fully saturated rings. The molecule has 2 heterocycles. The van der Waals surface area contributed by atoms with Crippen molar-refractivity contribution in [2.24, 2.45) is 0 Å². The highest BCUT2D eigenvalue weighted by molar-refractivity contribution is 5.92. The molecule has 134 valence electrons. The first-order valence-corrected chi connectivity index (χ1v) is 7.98. The second kappa shape index (κ2) is 8.47. The molecule has 0 radical (unpaired) electrons. The topological polar surface area (TPSA) is 114 Å². The first-order chi connectivity index (χ1) is 12.7. The summed E-state index contributed by atoms with van der Waals surface area (Å²) in [6.07, 6.45) is 4.82. The third-order valence-electron chi connectivity index (χ3n) is 3.46. The minimum Gasteiger partial charge on any atom is -0.467 e. The molecule has 3 rings (SSSR count). The van der Waals surface area contributed by atoms with Crippen molar-refractivity contribution < 1.29 is 14.0 Å². The van der Waals surface area contributed by atoms with Gasteiger partial charge in [0.1, 0.15) is 18.4 Å². The van der Waals surface area contributed by atoms with Gasteiger partial charge in [-0.15, -0.1) is 0 Å². The van der Waals surface area contributed by atoms with Crippen molar-refractivity contribution in [3.8, 4) is 0 Å². The lowest BCUT2D eigenvalue weighted by molar-refractivity contribution is -0.116. The van der Waals surface area contributed by atoms with Crippen molar-refractivity contribution in [3.05, 3.63) is 61.1 Å². The lowest BCUT2D eigenvalue weighted by Gasteiger charge is -2.08. The van der Waals surface area contributed by atoms with Crippen LogP contribution in [0.3, 0.4) is 0 Å². The van der Waals surface area contributed by atoms with Crippen LogP contribution in [0, 0.1) is 0 Å². The summed E-state index contributed by atoms with van der Waals surface area (Å²) < 4.78 is 6.73. The summed E-state index contributed by atoms with van der Waals surface area (Å²) >= 11 is 0. The quantitative estimate of drug-likeness (QED) is 0.602. The van der Waals surface area contributed by atoms with Crippen molar-refractivity contribution >= 4 is 23.3 Å². The number of furan rings is 1. The third kappa shape index (κ3) is 5.20. The van der Waals surface area contributed by atoms with Crippen LogP contribution in [0.15, 0.2) is 59.7 Å². The van der Waals surface area contributed by atoms with Crippen LogP contribution >= 0.6 is 0 Å². The molecule has 3 N–H and O–H groups in total. The number of hydrogen-bond acceptors (Lipinski definition) is 5. The highest BCUT2D eigenvalue weighted by Crippen LogP contribution is 2.14. The van der Waals surface area contributed by atoms with Crippen molar-refractivity contribution in [1.82, 2.24) is 20.1 Å². The molecule has 26 heavy (non-hydrogen) atoms. The standard InChI is InChI=1S/C17H18N6O3/c24-16(7-8-23-12-18-11-20-23)21-13-3-5-14(6-4-13)22-17(25)19-10-15-2-1-9-26-15/h1-6,9,11-12H,7-8,10H2,(H,21,24)(H2,19,22,25). The zero-order valence-electron chi connectivity index (χ0n) is 13.9. The van der Waals surface area contributed by atoms with E-state index in [0.29, 0.717) is 36.6 Å². The predicted molar refractivity (Wildman–Crippen MR) is 94.3 cm³/mol. The molecule has 0 aliphatic heterocycles. The molecule has 0 aliphatic carbocycles. The Hall–Kier alpha value is -3.62. The molecule has 9 nitrogen and oxygen atoms in total. The van der Waals surface area contributed by atoms with Gasteiger partial charge in [-0.2, -0.15) is 5.10 Å². The monoisotopic (exact) mass is 354 g/mol. The number of urea groups is 1. The molecule has 0 aliphatic rings. The van der Waals surface area contributed by atoms with Crippen LogP contribution in [0.4, 0.5) is 16.2 Å². The van der Waals surface area contributed by atoms with E-state index in [-0.39, 0.29) is 11.9 Å². The summed E-state index contributed by atoms with van der Waals surface area (Å²) in [5.74, 6) is 0.543. The van der Waals surface area contributed by atoms with Gasteiger partial charge in [-0.1, -0.05) is 0 Å². The molecule has 1 aromatic carbocycles. The average molecular weight is 354 g/mol. The number of amides is 3. The number of hydrogen-bond donors (Lipinski definition) is 3. The lowest BCUT2D eigenvalue weighted by atomic mass is 10.2. The number of aromatic nitrogens is 3. The van der Waals surface area contributed by atoms with E-state index in [0.717, 1.165) is 0 Å². The van der Waals surface area contributed by atoms with Gasteiger partial charge in [0.25, 0.3) is 0 Å². The largest absolute Gasteiger partial charge is 0.467 e. The van der Waals surface area contributed by atoms with E-state index in [4.69, 9.17) is 4.42 Å². The minimum atomic E-state index is -0.342. The summed E-state index contributed by atoms with van der Waals surface area (Å²) in [5, 5.41) is 12.1. The summed E-state index contributed by atoms with van der Waals surface area (Å²) in [6, 6.07) is 10.0. The number of nitrogens with zero attached hydrogens (tertiary/aromatic N) is 3. The maximum absolute atomic E-state index is 11.9. The highest BCUT2D eigenvalue weighted by Gasteiger charge is 2.05. The Labute approximate surface area is 149 Å². The van der Waals surface area contributed by atoms with Crippen LogP contribution < -0.4 is 16.0 Å². The van der Waals surface area contributed by atoms with Gasteiger partial charge < -0.3 is 20.4 Å². The van der Waals surface area contributed by atoms with E-state index in [9.17, 15) is 9.59 Å². The molecule has 2 aromatic heterocycles. The SMILES string of the molecule is O=C(CCn1cncn1)Nc1ccc(NC(=O)NCc2ccco2)cc1. The van der Waals surface area contributed by atoms with Gasteiger partial charge >= 0.3 is 6.03 Å². The van der Waals surface area contributed by atoms with Crippen LogP contribution in [-0.2, 0) is 17.9 Å². The predicted octanol–water partition coefficient (Wildman–Crippen LogP) is 2.22. The zero-order chi connectivity index (χ0) is 18.2. The molecule has 0 unspecified atom stereocenters. The fourth-order valence-electron chi connectivity index (χ4n) is 2.18. The van der Waals surface area contributed by atoms with Crippen molar-refractivity contribution in [2.75, 3.05) is 10.6 Å².